The fraction of sp³-hybridized carbons (Fsp3) is 0.562. The summed E-state index contributed by atoms with van der Waals surface area (Å²) in [5.41, 5.74) is 0.478. The van der Waals surface area contributed by atoms with E-state index in [0.29, 0.717) is 19.4 Å². The van der Waals surface area contributed by atoms with E-state index in [4.69, 9.17) is 11.6 Å². The molecule has 0 saturated heterocycles. The van der Waals surface area contributed by atoms with Gasteiger partial charge in [0.1, 0.15) is 5.54 Å². The van der Waals surface area contributed by atoms with E-state index in [9.17, 15) is 9.90 Å². The lowest BCUT2D eigenvalue weighted by Gasteiger charge is -2.29. The summed E-state index contributed by atoms with van der Waals surface area (Å²) in [5, 5.41) is 13.3. The van der Waals surface area contributed by atoms with Crippen molar-refractivity contribution >= 4 is 29.3 Å². The van der Waals surface area contributed by atoms with E-state index in [-0.39, 0.29) is 0 Å². The normalized spacial score (nSPS) is 13.9. The molecule has 0 aliphatic carbocycles. The molecule has 0 spiro atoms. The number of nitrogens with one attached hydrogen (secondary N) is 1. The van der Waals surface area contributed by atoms with Gasteiger partial charge in [-0.1, -0.05) is 37.6 Å². The molecule has 0 aromatic heterocycles. The smallest absolute Gasteiger partial charge is 0.323 e. The number of carboxylic acids is 1. The Morgan fingerprint density at radius 1 is 1.33 bits per heavy atom. The molecular weight excluding hydrogens is 306 g/mol. The van der Waals surface area contributed by atoms with E-state index in [0.717, 1.165) is 22.9 Å². The molecule has 5 heteroatoms. The Bertz CT molecular complexity index is 438. The molecule has 1 rings (SSSR count). The van der Waals surface area contributed by atoms with Crippen molar-refractivity contribution in [3.63, 3.8) is 0 Å². The molecule has 0 amide bonds. The van der Waals surface area contributed by atoms with E-state index in [1.165, 1.54) is 5.56 Å². The number of halogens is 1. The third-order valence-electron chi connectivity index (χ3n) is 3.60. The van der Waals surface area contributed by atoms with Crippen molar-refractivity contribution in [3.05, 3.63) is 34.9 Å². The standard InChI is InChI=1S/C16H24ClNO2S/c1-3-16(15(19)20,18-4-2)10-5-11-21-12-13-6-8-14(17)9-7-13/h6-9,18H,3-5,10-12H2,1-2H3,(H,19,20). The number of carboxylic acid groups (broad SMARTS) is 1. The van der Waals surface area contributed by atoms with Gasteiger partial charge in [0.25, 0.3) is 0 Å². The van der Waals surface area contributed by atoms with Gasteiger partial charge >= 0.3 is 5.97 Å². The van der Waals surface area contributed by atoms with Gasteiger partial charge in [0.2, 0.25) is 0 Å². The van der Waals surface area contributed by atoms with Crippen LogP contribution in [0, 0.1) is 0 Å². The lowest BCUT2D eigenvalue weighted by Crippen LogP contribution is -2.51. The van der Waals surface area contributed by atoms with Crippen molar-refractivity contribution in [1.82, 2.24) is 5.32 Å². The van der Waals surface area contributed by atoms with E-state index >= 15 is 0 Å². The molecule has 0 bridgehead atoms. The lowest BCUT2D eigenvalue weighted by molar-refractivity contribution is -0.145. The quantitative estimate of drug-likeness (QED) is 0.632. The highest BCUT2D eigenvalue weighted by atomic mass is 35.5. The number of carbonyl (C=O) groups is 1. The molecule has 1 aromatic rings. The maximum atomic E-state index is 11.5. The second-order valence-corrected chi connectivity index (χ2v) is 6.60. The van der Waals surface area contributed by atoms with Crippen molar-refractivity contribution in [2.45, 2.75) is 44.4 Å². The Labute approximate surface area is 136 Å². The van der Waals surface area contributed by atoms with Gasteiger partial charge in [-0.05, 0) is 49.3 Å². The van der Waals surface area contributed by atoms with Crippen molar-refractivity contribution in [2.24, 2.45) is 0 Å². The van der Waals surface area contributed by atoms with Crippen LogP contribution < -0.4 is 5.32 Å². The molecule has 1 unspecified atom stereocenters. The first-order valence-corrected chi connectivity index (χ1v) is 8.88. The predicted molar refractivity (Wildman–Crippen MR) is 91.2 cm³/mol. The first kappa shape index (κ1) is 18.3. The largest absolute Gasteiger partial charge is 0.480 e. The first-order chi connectivity index (χ1) is 10.0. The number of thioether (sulfide) groups is 1. The molecule has 0 aliphatic rings. The molecule has 118 valence electrons. The fourth-order valence-electron chi connectivity index (χ4n) is 2.31. The third kappa shape index (κ3) is 5.89. The summed E-state index contributed by atoms with van der Waals surface area (Å²) in [6.07, 6.45) is 2.17. The highest BCUT2D eigenvalue weighted by Gasteiger charge is 2.34. The molecule has 2 N–H and O–H groups in total. The first-order valence-electron chi connectivity index (χ1n) is 7.34. The number of rotatable bonds is 10. The molecule has 0 fully saturated rings. The molecule has 0 saturated carbocycles. The zero-order valence-corrected chi connectivity index (χ0v) is 14.3. The monoisotopic (exact) mass is 329 g/mol. The van der Waals surface area contributed by atoms with Gasteiger partial charge in [0.15, 0.2) is 0 Å². The van der Waals surface area contributed by atoms with Crippen molar-refractivity contribution in [3.8, 4) is 0 Å². The number of likely N-dealkylation sites (N-methyl/N-ethyl adjacent to an activating group) is 1. The van der Waals surface area contributed by atoms with Gasteiger partial charge in [-0.15, -0.1) is 0 Å². The molecule has 21 heavy (non-hydrogen) atoms. The van der Waals surface area contributed by atoms with Gasteiger partial charge in [0.05, 0.1) is 0 Å². The van der Waals surface area contributed by atoms with Crippen LogP contribution in [-0.4, -0.2) is 28.9 Å². The van der Waals surface area contributed by atoms with Crippen LogP contribution in [0.1, 0.15) is 38.7 Å². The SMILES string of the molecule is CCNC(CC)(CCCSCc1ccc(Cl)cc1)C(=O)O. The van der Waals surface area contributed by atoms with E-state index in [1.807, 2.05) is 49.9 Å². The van der Waals surface area contributed by atoms with E-state index in [2.05, 4.69) is 5.32 Å². The average Bonchev–Trinajstić information content (AvgIpc) is 2.47. The third-order valence-corrected chi connectivity index (χ3v) is 4.97. The van der Waals surface area contributed by atoms with E-state index < -0.39 is 11.5 Å². The Balaban J connectivity index is 2.34. The number of aliphatic carboxylic acids is 1. The highest BCUT2D eigenvalue weighted by Crippen LogP contribution is 2.21. The molecule has 0 heterocycles. The van der Waals surface area contributed by atoms with Crippen LogP contribution in [0.15, 0.2) is 24.3 Å². The predicted octanol–water partition coefficient (Wildman–Crippen LogP) is 4.20. The van der Waals surface area contributed by atoms with Crippen LogP contribution in [0.5, 0.6) is 0 Å². The summed E-state index contributed by atoms with van der Waals surface area (Å²) in [5.74, 6) is 1.16. The topological polar surface area (TPSA) is 49.3 Å². The maximum Gasteiger partial charge on any atom is 0.323 e. The maximum absolute atomic E-state index is 11.5. The van der Waals surface area contributed by atoms with Crippen molar-refractivity contribution in [1.29, 1.82) is 0 Å². The van der Waals surface area contributed by atoms with Gasteiger partial charge in [-0.25, -0.2) is 0 Å². The Morgan fingerprint density at radius 3 is 2.52 bits per heavy atom. The Morgan fingerprint density at radius 2 is 2.00 bits per heavy atom. The minimum Gasteiger partial charge on any atom is -0.480 e. The fourth-order valence-corrected chi connectivity index (χ4v) is 3.36. The van der Waals surface area contributed by atoms with Crippen LogP contribution in [0.3, 0.4) is 0 Å². The summed E-state index contributed by atoms with van der Waals surface area (Å²) < 4.78 is 0. The zero-order chi connectivity index (χ0) is 15.7. The summed E-state index contributed by atoms with van der Waals surface area (Å²) in [4.78, 5) is 11.5. The van der Waals surface area contributed by atoms with E-state index in [1.54, 1.807) is 0 Å². The molecule has 1 aromatic carbocycles. The minimum atomic E-state index is -0.768. The van der Waals surface area contributed by atoms with Gasteiger partial charge < -0.3 is 10.4 Å². The van der Waals surface area contributed by atoms with Gasteiger partial charge in [-0.3, -0.25) is 4.79 Å². The van der Waals surface area contributed by atoms with Gasteiger partial charge in [-0.2, -0.15) is 11.8 Å². The summed E-state index contributed by atoms with van der Waals surface area (Å²) in [7, 11) is 0. The second-order valence-electron chi connectivity index (χ2n) is 5.05. The molecule has 0 aliphatic heterocycles. The number of hydrogen-bond donors (Lipinski definition) is 2. The second kappa shape index (κ2) is 9.34. The van der Waals surface area contributed by atoms with Crippen molar-refractivity contribution < 1.29 is 9.90 Å². The molecular formula is C16H24ClNO2S. The molecule has 3 nitrogen and oxygen atoms in total. The molecule has 0 radical (unpaired) electrons. The Hall–Kier alpha value is -0.710. The minimum absolute atomic E-state index is 0.609. The highest BCUT2D eigenvalue weighted by molar-refractivity contribution is 7.98. The summed E-state index contributed by atoms with van der Waals surface area (Å²) >= 11 is 7.68. The number of hydrogen-bond acceptors (Lipinski definition) is 3. The summed E-state index contributed by atoms with van der Waals surface area (Å²) in [6.45, 7) is 4.55. The van der Waals surface area contributed by atoms with Crippen LogP contribution >= 0.6 is 23.4 Å². The molecule has 1 atom stereocenters. The zero-order valence-electron chi connectivity index (χ0n) is 12.7. The average molecular weight is 330 g/mol. The van der Waals surface area contributed by atoms with Gasteiger partial charge in [0, 0.05) is 10.8 Å². The number of benzene rings is 1. The van der Waals surface area contributed by atoms with Crippen molar-refractivity contribution in [2.75, 3.05) is 12.3 Å². The van der Waals surface area contributed by atoms with Crippen LogP contribution in [0.2, 0.25) is 5.02 Å². The van der Waals surface area contributed by atoms with Crippen LogP contribution in [-0.2, 0) is 10.5 Å². The lowest BCUT2D eigenvalue weighted by atomic mass is 9.91. The Kier molecular flexibility index (Phi) is 8.15. The van der Waals surface area contributed by atoms with Crippen LogP contribution in [0.4, 0.5) is 0 Å². The van der Waals surface area contributed by atoms with Crippen LogP contribution in [0.25, 0.3) is 0 Å². The summed E-state index contributed by atoms with van der Waals surface area (Å²) in [6, 6.07) is 7.85.